The third-order valence-corrected chi connectivity index (χ3v) is 4.73. The number of para-hydroxylation sites is 1. The van der Waals surface area contributed by atoms with Gasteiger partial charge in [0.2, 0.25) is 0 Å². The van der Waals surface area contributed by atoms with Crippen molar-refractivity contribution in [3.05, 3.63) is 48.7 Å². The van der Waals surface area contributed by atoms with E-state index in [1.807, 2.05) is 18.3 Å². The summed E-state index contributed by atoms with van der Waals surface area (Å²) in [4.78, 5) is 4.67. The quantitative estimate of drug-likeness (QED) is 0.504. The highest BCUT2D eigenvalue weighted by Gasteiger charge is 2.15. The van der Waals surface area contributed by atoms with E-state index in [1.54, 1.807) is 7.11 Å². The third kappa shape index (κ3) is 2.32. The second-order valence-electron chi connectivity index (χ2n) is 6.75. The van der Waals surface area contributed by atoms with E-state index in [2.05, 4.69) is 53.7 Å². The highest BCUT2D eigenvalue weighted by atomic mass is 16.5. The molecule has 4 aromatic rings. The van der Waals surface area contributed by atoms with Crippen LogP contribution in [0.15, 0.2) is 48.7 Å². The van der Waals surface area contributed by atoms with E-state index >= 15 is 0 Å². The lowest BCUT2D eigenvalue weighted by atomic mass is 10.1. The molecule has 0 atom stereocenters. The summed E-state index contributed by atoms with van der Waals surface area (Å²) in [5.74, 6) is 1.56. The van der Waals surface area contributed by atoms with Crippen molar-refractivity contribution in [3.63, 3.8) is 0 Å². The maximum atomic E-state index is 5.44. The van der Waals surface area contributed by atoms with Crippen LogP contribution in [0, 0.1) is 5.92 Å². The zero-order chi connectivity index (χ0) is 16.7. The number of hydrogen-bond acceptors (Lipinski definition) is 2. The number of methoxy groups -OCH3 is 1. The highest BCUT2D eigenvalue weighted by Crippen LogP contribution is 2.35. The van der Waals surface area contributed by atoms with E-state index < -0.39 is 0 Å². The van der Waals surface area contributed by atoms with Gasteiger partial charge in [-0.2, -0.15) is 0 Å². The van der Waals surface area contributed by atoms with Gasteiger partial charge in [-0.15, -0.1) is 0 Å². The Labute approximate surface area is 141 Å². The van der Waals surface area contributed by atoms with Crippen molar-refractivity contribution in [3.8, 4) is 5.75 Å². The number of benzene rings is 2. The first-order valence-electron chi connectivity index (χ1n) is 8.52. The lowest BCUT2D eigenvalue weighted by molar-refractivity contribution is 0.415. The van der Waals surface area contributed by atoms with Crippen molar-refractivity contribution in [2.45, 2.75) is 26.8 Å². The summed E-state index contributed by atoms with van der Waals surface area (Å²) in [5.41, 5.74) is 3.58. The first kappa shape index (κ1) is 15.0. The molecule has 0 saturated carbocycles. The highest BCUT2D eigenvalue weighted by molar-refractivity contribution is 6.16. The normalized spacial score (nSPS) is 11.8. The first-order chi connectivity index (χ1) is 11.7. The van der Waals surface area contributed by atoms with E-state index in [-0.39, 0.29) is 0 Å². The van der Waals surface area contributed by atoms with Crippen LogP contribution in [-0.2, 0) is 6.54 Å². The third-order valence-electron chi connectivity index (χ3n) is 4.73. The van der Waals surface area contributed by atoms with Gasteiger partial charge in [-0.1, -0.05) is 32.0 Å². The zero-order valence-corrected chi connectivity index (χ0v) is 14.4. The van der Waals surface area contributed by atoms with Gasteiger partial charge in [-0.25, -0.2) is 0 Å². The Kier molecular flexibility index (Phi) is 3.64. The summed E-state index contributed by atoms with van der Waals surface area (Å²) in [6.07, 6.45) is 3.16. The summed E-state index contributed by atoms with van der Waals surface area (Å²) in [5, 5.41) is 3.63. The smallest absolute Gasteiger partial charge is 0.119 e. The van der Waals surface area contributed by atoms with Crippen molar-refractivity contribution in [1.29, 1.82) is 0 Å². The molecule has 0 unspecified atom stereocenters. The minimum atomic E-state index is 0.670. The number of nitrogens with zero attached hydrogens (tertiary/aromatic N) is 2. The predicted octanol–water partition coefficient (Wildman–Crippen LogP) is 5.40. The summed E-state index contributed by atoms with van der Waals surface area (Å²) >= 11 is 0. The maximum absolute atomic E-state index is 5.44. The van der Waals surface area contributed by atoms with Crippen molar-refractivity contribution in [2.24, 2.45) is 5.92 Å². The molecule has 0 bridgehead atoms. The number of hydrogen-bond donors (Lipinski definition) is 0. The molecular formula is C21H22N2O. The molecule has 4 rings (SSSR count). The number of aryl methyl sites for hydroxylation is 1. The van der Waals surface area contributed by atoms with Gasteiger partial charge in [0.25, 0.3) is 0 Å². The number of ether oxygens (including phenoxy) is 1. The van der Waals surface area contributed by atoms with Gasteiger partial charge >= 0.3 is 0 Å². The minimum Gasteiger partial charge on any atom is -0.497 e. The van der Waals surface area contributed by atoms with Crippen molar-refractivity contribution >= 4 is 32.7 Å². The van der Waals surface area contributed by atoms with Crippen LogP contribution >= 0.6 is 0 Å². The molecule has 24 heavy (non-hydrogen) atoms. The van der Waals surface area contributed by atoms with Crippen LogP contribution in [0.1, 0.15) is 20.3 Å². The van der Waals surface area contributed by atoms with Gasteiger partial charge in [0, 0.05) is 34.4 Å². The molecule has 122 valence electrons. The largest absolute Gasteiger partial charge is 0.497 e. The molecule has 0 amide bonds. The van der Waals surface area contributed by atoms with Crippen molar-refractivity contribution < 1.29 is 4.74 Å². The van der Waals surface area contributed by atoms with E-state index in [1.165, 1.54) is 27.2 Å². The second-order valence-corrected chi connectivity index (χ2v) is 6.75. The molecule has 2 heterocycles. The molecule has 0 radical (unpaired) electrons. The van der Waals surface area contributed by atoms with E-state index in [4.69, 9.17) is 4.74 Å². The number of fused-ring (bicyclic) bond motifs is 5. The molecule has 3 heteroatoms. The Morgan fingerprint density at radius 2 is 1.88 bits per heavy atom. The maximum Gasteiger partial charge on any atom is 0.119 e. The van der Waals surface area contributed by atoms with Crippen LogP contribution in [0.4, 0.5) is 0 Å². The number of aromatic nitrogens is 2. The fraction of sp³-hybridized carbons (Fsp3) is 0.286. The van der Waals surface area contributed by atoms with Gasteiger partial charge < -0.3 is 9.30 Å². The van der Waals surface area contributed by atoms with Crippen molar-refractivity contribution in [1.82, 2.24) is 9.55 Å². The Morgan fingerprint density at radius 1 is 1.04 bits per heavy atom. The summed E-state index contributed by atoms with van der Waals surface area (Å²) in [6.45, 7) is 5.56. The molecule has 0 saturated heterocycles. The molecular weight excluding hydrogens is 296 g/mol. The van der Waals surface area contributed by atoms with E-state index in [0.29, 0.717) is 5.92 Å². The monoisotopic (exact) mass is 318 g/mol. The van der Waals surface area contributed by atoms with Crippen LogP contribution in [0.3, 0.4) is 0 Å². The lowest BCUT2D eigenvalue weighted by Gasteiger charge is -2.11. The van der Waals surface area contributed by atoms with Gasteiger partial charge in [0.15, 0.2) is 0 Å². The van der Waals surface area contributed by atoms with E-state index in [9.17, 15) is 0 Å². The lowest BCUT2D eigenvalue weighted by Crippen LogP contribution is -2.01. The first-order valence-corrected chi connectivity index (χ1v) is 8.52. The Hall–Kier alpha value is -2.55. The summed E-state index contributed by atoms with van der Waals surface area (Å²) in [6, 6.07) is 14.7. The molecule has 2 aromatic heterocycles. The van der Waals surface area contributed by atoms with Crippen LogP contribution < -0.4 is 4.74 Å². The van der Waals surface area contributed by atoms with Gasteiger partial charge in [-0.05, 0) is 36.6 Å². The van der Waals surface area contributed by atoms with Crippen LogP contribution in [0.5, 0.6) is 5.75 Å². The molecule has 0 aliphatic heterocycles. The Balaban J connectivity index is 2.11. The fourth-order valence-electron chi connectivity index (χ4n) is 3.45. The van der Waals surface area contributed by atoms with Crippen molar-refractivity contribution in [2.75, 3.05) is 7.11 Å². The molecule has 3 nitrogen and oxygen atoms in total. The average molecular weight is 318 g/mol. The fourth-order valence-corrected chi connectivity index (χ4v) is 3.45. The zero-order valence-electron chi connectivity index (χ0n) is 14.4. The SMILES string of the molecule is COc1ccc2c(c1)c1cnc3ccccc3c1n2CCC(C)C. The molecule has 0 aliphatic rings. The Morgan fingerprint density at radius 3 is 2.67 bits per heavy atom. The number of rotatable bonds is 4. The van der Waals surface area contributed by atoms with Crippen LogP contribution in [0.25, 0.3) is 32.7 Å². The molecule has 0 N–H and O–H groups in total. The van der Waals surface area contributed by atoms with Gasteiger partial charge in [0.05, 0.1) is 18.1 Å². The van der Waals surface area contributed by atoms with Gasteiger partial charge in [0.1, 0.15) is 5.75 Å². The minimum absolute atomic E-state index is 0.670. The number of pyridine rings is 1. The summed E-state index contributed by atoms with van der Waals surface area (Å²) < 4.78 is 7.89. The van der Waals surface area contributed by atoms with Crippen LogP contribution in [-0.4, -0.2) is 16.7 Å². The van der Waals surface area contributed by atoms with Crippen LogP contribution in [0.2, 0.25) is 0 Å². The standard InChI is InChI=1S/C21H22N2O/c1-14(2)10-11-23-20-9-8-15(24-3)12-17(20)18-13-22-19-7-5-4-6-16(19)21(18)23/h4-9,12-14H,10-11H2,1-3H3. The predicted molar refractivity (Wildman–Crippen MR) is 101 cm³/mol. The van der Waals surface area contributed by atoms with Gasteiger partial charge in [-0.3, -0.25) is 4.98 Å². The van der Waals surface area contributed by atoms with E-state index in [0.717, 1.165) is 24.2 Å². The topological polar surface area (TPSA) is 27.1 Å². The Bertz CT molecular complexity index is 1030. The molecule has 2 aromatic carbocycles. The average Bonchev–Trinajstić information content (AvgIpc) is 2.93. The molecule has 0 spiro atoms. The molecule has 0 fully saturated rings. The second kappa shape index (κ2) is 5.82. The summed E-state index contributed by atoms with van der Waals surface area (Å²) in [7, 11) is 1.72. The molecule has 0 aliphatic carbocycles.